The molecule has 6 rings (SSSR count). The number of nitrogens with zero attached hydrogens (tertiary/aromatic N) is 2. The van der Waals surface area contributed by atoms with Gasteiger partial charge in [-0.05, 0) is 61.6 Å². The van der Waals surface area contributed by atoms with E-state index in [0.717, 1.165) is 46.5 Å². The third-order valence-corrected chi connectivity index (χ3v) is 8.02. The van der Waals surface area contributed by atoms with E-state index in [1.165, 1.54) is 23.5 Å². The highest BCUT2D eigenvalue weighted by Gasteiger charge is 2.35. The lowest BCUT2D eigenvalue weighted by molar-refractivity contribution is 0.0721. The summed E-state index contributed by atoms with van der Waals surface area (Å²) in [6.45, 7) is 0.986. The van der Waals surface area contributed by atoms with Crippen molar-refractivity contribution in [2.75, 3.05) is 13.1 Å². The number of likely N-dealkylation sites (tertiary alicyclic amines) is 1. The van der Waals surface area contributed by atoms with Crippen LogP contribution in [0.15, 0.2) is 59.2 Å². The summed E-state index contributed by atoms with van der Waals surface area (Å²) in [5.41, 5.74) is 2.46. The number of nitrogens with one attached hydrogen (secondary N) is 1. The van der Waals surface area contributed by atoms with E-state index in [0.29, 0.717) is 35.8 Å². The topological polar surface area (TPSA) is 75.4 Å². The van der Waals surface area contributed by atoms with E-state index in [4.69, 9.17) is 9.40 Å². The SMILES string of the molecule is O=C(NC[C@@H]1CCCN1C(=O)c1nc(C2CC2)sc1-c1ccc(F)cc1)c1cccc2occc12. The predicted octanol–water partition coefficient (Wildman–Crippen LogP) is 5.61. The molecule has 0 unspecified atom stereocenters. The van der Waals surface area contributed by atoms with Crippen LogP contribution in [0.3, 0.4) is 0 Å². The smallest absolute Gasteiger partial charge is 0.274 e. The summed E-state index contributed by atoms with van der Waals surface area (Å²) in [5, 5.41) is 4.75. The lowest BCUT2D eigenvalue weighted by Gasteiger charge is -2.25. The first kappa shape index (κ1) is 22.0. The average molecular weight is 490 g/mol. The Hall–Kier alpha value is -3.52. The zero-order valence-electron chi connectivity index (χ0n) is 19.0. The van der Waals surface area contributed by atoms with Crippen LogP contribution in [-0.4, -0.2) is 40.8 Å². The van der Waals surface area contributed by atoms with Crippen LogP contribution in [0.2, 0.25) is 0 Å². The number of benzene rings is 2. The number of carbonyl (C=O) groups is 2. The van der Waals surface area contributed by atoms with Gasteiger partial charge in [0.2, 0.25) is 0 Å². The Labute approximate surface area is 205 Å². The molecule has 0 bridgehead atoms. The quantitative estimate of drug-likeness (QED) is 0.382. The van der Waals surface area contributed by atoms with Crippen molar-refractivity contribution in [2.24, 2.45) is 0 Å². The summed E-state index contributed by atoms with van der Waals surface area (Å²) in [7, 11) is 0. The van der Waals surface area contributed by atoms with Gasteiger partial charge in [0.1, 0.15) is 17.1 Å². The normalized spacial score (nSPS) is 17.7. The fourth-order valence-corrected chi connectivity index (χ4v) is 5.96. The molecule has 1 saturated heterocycles. The van der Waals surface area contributed by atoms with E-state index in [1.54, 1.807) is 36.6 Å². The first-order valence-corrected chi connectivity index (χ1v) is 12.7. The van der Waals surface area contributed by atoms with Crippen LogP contribution >= 0.6 is 11.3 Å². The molecule has 1 aliphatic heterocycles. The van der Waals surface area contributed by atoms with Gasteiger partial charge in [0.25, 0.3) is 11.8 Å². The standard InChI is InChI=1S/C27H24FN3O3S/c28-18-10-8-16(9-11-18)24-23(30-26(35-24)17-6-7-17)27(33)31-13-2-3-19(31)15-29-25(32)21-4-1-5-22-20(21)12-14-34-22/h1,4-5,8-12,14,17,19H,2-3,6-7,13,15H2,(H,29,32)/t19-/m0/s1. The molecular weight excluding hydrogens is 465 g/mol. The molecule has 1 aliphatic carbocycles. The Morgan fingerprint density at radius 2 is 1.94 bits per heavy atom. The van der Waals surface area contributed by atoms with Gasteiger partial charge in [-0.2, -0.15) is 0 Å². The molecule has 0 spiro atoms. The van der Waals surface area contributed by atoms with Gasteiger partial charge in [-0.15, -0.1) is 11.3 Å². The van der Waals surface area contributed by atoms with Crippen molar-refractivity contribution >= 4 is 34.1 Å². The van der Waals surface area contributed by atoms with Crippen LogP contribution in [0.25, 0.3) is 21.4 Å². The van der Waals surface area contributed by atoms with Crippen LogP contribution in [0.5, 0.6) is 0 Å². The minimum Gasteiger partial charge on any atom is -0.464 e. The van der Waals surface area contributed by atoms with Gasteiger partial charge in [0, 0.05) is 30.4 Å². The van der Waals surface area contributed by atoms with Gasteiger partial charge in [-0.3, -0.25) is 9.59 Å². The molecule has 0 radical (unpaired) electrons. The number of halogens is 1. The summed E-state index contributed by atoms with van der Waals surface area (Å²) in [4.78, 5) is 34.0. The number of carbonyl (C=O) groups excluding carboxylic acids is 2. The summed E-state index contributed by atoms with van der Waals surface area (Å²) < 4.78 is 18.9. The molecule has 178 valence electrons. The van der Waals surface area contributed by atoms with Crippen molar-refractivity contribution in [3.8, 4) is 10.4 Å². The number of hydrogen-bond acceptors (Lipinski definition) is 5. The first-order valence-electron chi connectivity index (χ1n) is 11.9. The molecular formula is C27H24FN3O3S. The zero-order valence-corrected chi connectivity index (χ0v) is 19.8. The Morgan fingerprint density at radius 1 is 1.11 bits per heavy atom. The highest BCUT2D eigenvalue weighted by atomic mass is 32.1. The minimum absolute atomic E-state index is 0.109. The summed E-state index contributed by atoms with van der Waals surface area (Å²) >= 11 is 1.54. The molecule has 35 heavy (non-hydrogen) atoms. The van der Waals surface area contributed by atoms with E-state index >= 15 is 0 Å². The summed E-state index contributed by atoms with van der Waals surface area (Å²) in [6.07, 6.45) is 5.43. The molecule has 2 aromatic carbocycles. The molecule has 6 nitrogen and oxygen atoms in total. The average Bonchev–Trinajstić information content (AvgIpc) is 3.26. The van der Waals surface area contributed by atoms with Gasteiger partial charge < -0.3 is 14.6 Å². The Morgan fingerprint density at radius 3 is 2.74 bits per heavy atom. The molecule has 1 atom stereocenters. The predicted molar refractivity (Wildman–Crippen MR) is 132 cm³/mol. The van der Waals surface area contributed by atoms with Crippen molar-refractivity contribution in [1.82, 2.24) is 15.2 Å². The van der Waals surface area contributed by atoms with E-state index < -0.39 is 0 Å². The fraction of sp³-hybridized carbons (Fsp3) is 0.296. The largest absolute Gasteiger partial charge is 0.464 e. The van der Waals surface area contributed by atoms with Crippen molar-refractivity contribution in [1.29, 1.82) is 0 Å². The number of rotatable bonds is 6. The maximum absolute atomic E-state index is 13.7. The summed E-state index contributed by atoms with van der Waals surface area (Å²) in [6, 6.07) is 13.3. The van der Waals surface area contributed by atoms with Crippen LogP contribution in [0, 0.1) is 5.82 Å². The second kappa shape index (κ2) is 8.92. The van der Waals surface area contributed by atoms with Gasteiger partial charge in [-0.1, -0.05) is 18.2 Å². The third kappa shape index (κ3) is 4.23. The second-order valence-electron chi connectivity index (χ2n) is 9.15. The lowest BCUT2D eigenvalue weighted by atomic mass is 10.1. The molecule has 8 heteroatoms. The fourth-order valence-electron chi connectivity index (χ4n) is 4.73. The van der Waals surface area contributed by atoms with Crippen LogP contribution in [-0.2, 0) is 0 Å². The molecule has 4 aromatic rings. The van der Waals surface area contributed by atoms with Gasteiger partial charge >= 0.3 is 0 Å². The van der Waals surface area contributed by atoms with Gasteiger partial charge in [0.15, 0.2) is 0 Å². The highest BCUT2D eigenvalue weighted by molar-refractivity contribution is 7.15. The van der Waals surface area contributed by atoms with Crippen molar-refractivity contribution in [3.05, 3.63) is 76.9 Å². The van der Waals surface area contributed by atoms with E-state index in [-0.39, 0.29) is 23.7 Å². The van der Waals surface area contributed by atoms with E-state index in [1.807, 2.05) is 11.0 Å². The monoisotopic (exact) mass is 489 g/mol. The molecule has 2 aliphatic rings. The number of hydrogen-bond donors (Lipinski definition) is 1. The molecule has 1 N–H and O–H groups in total. The number of fused-ring (bicyclic) bond motifs is 1. The summed E-state index contributed by atoms with van der Waals surface area (Å²) in [5.74, 6) is -0.204. The molecule has 2 aromatic heterocycles. The number of aromatic nitrogens is 1. The van der Waals surface area contributed by atoms with Crippen molar-refractivity contribution < 1.29 is 18.4 Å². The van der Waals surface area contributed by atoms with Crippen molar-refractivity contribution in [2.45, 2.75) is 37.6 Å². The van der Waals surface area contributed by atoms with Crippen LogP contribution in [0.1, 0.15) is 57.5 Å². The zero-order chi connectivity index (χ0) is 23.9. The third-order valence-electron chi connectivity index (χ3n) is 6.76. The number of thiazole rings is 1. The van der Waals surface area contributed by atoms with Crippen molar-refractivity contribution in [3.63, 3.8) is 0 Å². The van der Waals surface area contributed by atoms with Gasteiger partial charge in [-0.25, -0.2) is 9.37 Å². The minimum atomic E-state index is -0.310. The lowest BCUT2D eigenvalue weighted by Crippen LogP contribution is -2.43. The molecule has 2 fully saturated rings. The first-order chi connectivity index (χ1) is 17.1. The Bertz CT molecular complexity index is 1410. The maximum Gasteiger partial charge on any atom is 0.274 e. The van der Waals surface area contributed by atoms with Gasteiger partial charge in [0.05, 0.1) is 21.7 Å². The molecule has 1 saturated carbocycles. The van der Waals surface area contributed by atoms with E-state index in [9.17, 15) is 14.0 Å². The highest BCUT2D eigenvalue weighted by Crippen LogP contribution is 2.45. The number of furan rings is 1. The molecule has 2 amide bonds. The van der Waals surface area contributed by atoms with E-state index in [2.05, 4.69) is 5.32 Å². The van der Waals surface area contributed by atoms with Crippen LogP contribution in [0.4, 0.5) is 4.39 Å². The van der Waals surface area contributed by atoms with Crippen LogP contribution < -0.4 is 5.32 Å². The number of amides is 2. The Balaban J connectivity index is 1.22. The second-order valence-corrected chi connectivity index (χ2v) is 10.2. The Kier molecular flexibility index (Phi) is 5.60. The maximum atomic E-state index is 13.7. The molecule has 3 heterocycles.